The quantitative estimate of drug-likeness (QED) is 0.774. The highest BCUT2D eigenvalue weighted by Gasteiger charge is 2.20. The lowest BCUT2D eigenvalue weighted by Gasteiger charge is -2.10. The number of nitrogens with zero attached hydrogens (tertiary/aromatic N) is 1. The summed E-state index contributed by atoms with van der Waals surface area (Å²) in [4.78, 5) is 28.4. The molecule has 1 heterocycles. The number of Topliss-reactive ketones (excluding diaryl/α,β-unsaturated/α-hetero) is 2. The zero-order valence-electron chi connectivity index (χ0n) is 11.0. The summed E-state index contributed by atoms with van der Waals surface area (Å²) in [7, 11) is 0. The van der Waals surface area contributed by atoms with Gasteiger partial charge in [0.1, 0.15) is 5.01 Å². The van der Waals surface area contributed by atoms with E-state index in [1.54, 1.807) is 24.4 Å². The van der Waals surface area contributed by atoms with Crippen LogP contribution in [0.5, 0.6) is 0 Å². The summed E-state index contributed by atoms with van der Waals surface area (Å²) in [6, 6.07) is 5.31. The molecule has 1 aromatic carbocycles. The molecule has 0 radical (unpaired) electrons. The summed E-state index contributed by atoms with van der Waals surface area (Å²) in [5, 5.41) is 2.58. The Bertz CT molecular complexity index is 568. The van der Waals surface area contributed by atoms with Gasteiger partial charge in [0.25, 0.3) is 0 Å². The zero-order valence-corrected chi connectivity index (χ0v) is 11.8. The van der Waals surface area contributed by atoms with Gasteiger partial charge in [-0.2, -0.15) is 0 Å². The van der Waals surface area contributed by atoms with E-state index in [4.69, 9.17) is 0 Å². The Morgan fingerprint density at radius 1 is 1.11 bits per heavy atom. The second-order valence-corrected chi connectivity index (χ2v) is 5.01. The SMILES string of the molecule is CCC(=O)c1cccc(C(=O)CC)c1-c1nccs1. The molecule has 0 aliphatic carbocycles. The van der Waals surface area contributed by atoms with Gasteiger partial charge in [0.15, 0.2) is 11.6 Å². The molecule has 0 amide bonds. The van der Waals surface area contributed by atoms with Crippen molar-refractivity contribution in [3.63, 3.8) is 0 Å². The van der Waals surface area contributed by atoms with E-state index >= 15 is 0 Å². The minimum absolute atomic E-state index is 0.0379. The Balaban J connectivity index is 2.69. The van der Waals surface area contributed by atoms with E-state index in [9.17, 15) is 9.59 Å². The van der Waals surface area contributed by atoms with Crippen molar-refractivity contribution in [3.05, 3.63) is 40.9 Å². The second kappa shape index (κ2) is 5.89. The Morgan fingerprint density at radius 2 is 1.68 bits per heavy atom. The van der Waals surface area contributed by atoms with Gasteiger partial charge < -0.3 is 0 Å². The highest BCUT2D eigenvalue weighted by molar-refractivity contribution is 7.13. The molecular formula is C15H15NO2S. The summed E-state index contributed by atoms with van der Waals surface area (Å²) >= 11 is 1.44. The van der Waals surface area contributed by atoms with Gasteiger partial charge in [0.05, 0.1) is 0 Å². The summed E-state index contributed by atoms with van der Waals surface area (Å²) in [5.41, 5.74) is 1.88. The number of aromatic nitrogens is 1. The van der Waals surface area contributed by atoms with Crippen LogP contribution in [-0.2, 0) is 0 Å². The Morgan fingerprint density at radius 3 is 2.11 bits per heavy atom. The highest BCUT2D eigenvalue weighted by atomic mass is 32.1. The van der Waals surface area contributed by atoms with Crippen molar-refractivity contribution in [1.29, 1.82) is 0 Å². The Hall–Kier alpha value is -1.81. The summed E-state index contributed by atoms with van der Waals surface area (Å²) in [5.74, 6) is 0.0758. The van der Waals surface area contributed by atoms with Crippen molar-refractivity contribution in [2.45, 2.75) is 26.7 Å². The van der Waals surface area contributed by atoms with Crippen LogP contribution in [0.2, 0.25) is 0 Å². The van der Waals surface area contributed by atoms with Gasteiger partial charge in [-0.25, -0.2) is 4.98 Å². The van der Waals surface area contributed by atoms with Crippen molar-refractivity contribution in [3.8, 4) is 10.6 Å². The zero-order chi connectivity index (χ0) is 13.8. The van der Waals surface area contributed by atoms with E-state index in [0.717, 1.165) is 5.01 Å². The second-order valence-electron chi connectivity index (χ2n) is 4.12. The molecule has 2 rings (SSSR count). The fraction of sp³-hybridized carbons (Fsp3) is 0.267. The molecule has 1 aromatic heterocycles. The number of hydrogen-bond acceptors (Lipinski definition) is 4. The van der Waals surface area contributed by atoms with Crippen molar-refractivity contribution in [1.82, 2.24) is 4.98 Å². The number of benzene rings is 1. The third-order valence-corrected chi connectivity index (χ3v) is 3.74. The van der Waals surface area contributed by atoms with Crippen LogP contribution in [0.3, 0.4) is 0 Å². The molecule has 0 aliphatic rings. The topological polar surface area (TPSA) is 47.0 Å². The van der Waals surface area contributed by atoms with Crippen LogP contribution in [-0.4, -0.2) is 16.6 Å². The lowest BCUT2D eigenvalue weighted by molar-refractivity contribution is 0.0987. The summed E-state index contributed by atoms with van der Waals surface area (Å²) < 4.78 is 0. The van der Waals surface area contributed by atoms with E-state index in [0.29, 0.717) is 29.5 Å². The van der Waals surface area contributed by atoms with Crippen LogP contribution in [0, 0.1) is 0 Å². The third kappa shape index (κ3) is 2.63. The first kappa shape index (κ1) is 13.6. The molecule has 3 nitrogen and oxygen atoms in total. The van der Waals surface area contributed by atoms with E-state index in [2.05, 4.69) is 4.98 Å². The maximum Gasteiger partial charge on any atom is 0.163 e. The van der Waals surface area contributed by atoms with Crippen LogP contribution >= 0.6 is 11.3 Å². The van der Waals surface area contributed by atoms with Gasteiger partial charge in [-0.1, -0.05) is 32.0 Å². The Labute approximate surface area is 116 Å². The maximum atomic E-state index is 12.1. The average Bonchev–Trinajstić information content (AvgIpc) is 2.98. The molecular weight excluding hydrogens is 258 g/mol. The molecule has 0 spiro atoms. The first-order valence-corrected chi connectivity index (χ1v) is 7.16. The van der Waals surface area contributed by atoms with Gasteiger partial charge >= 0.3 is 0 Å². The van der Waals surface area contributed by atoms with Gasteiger partial charge in [-0.15, -0.1) is 11.3 Å². The van der Waals surface area contributed by atoms with Gasteiger partial charge in [-0.3, -0.25) is 9.59 Å². The fourth-order valence-corrected chi connectivity index (χ4v) is 2.69. The molecule has 4 heteroatoms. The number of ketones is 2. The van der Waals surface area contributed by atoms with Crippen molar-refractivity contribution in [2.24, 2.45) is 0 Å². The summed E-state index contributed by atoms with van der Waals surface area (Å²) in [6.07, 6.45) is 2.53. The minimum Gasteiger partial charge on any atom is -0.294 e. The first-order chi connectivity index (χ1) is 9.19. The molecule has 0 bridgehead atoms. The van der Waals surface area contributed by atoms with Crippen LogP contribution in [0.25, 0.3) is 10.6 Å². The molecule has 98 valence electrons. The first-order valence-electron chi connectivity index (χ1n) is 6.28. The average molecular weight is 273 g/mol. The normalized spacial score (nSPS) is 10.4. The van der Waals surface area contributed by atoms with E-state index in [-0.39, 0.29) is 11.6 Å². The van der Waals surface area contributed by atoms with Crippen LogP contribution in [0.4, 0.5) is 0 Å². The molecule has 0 N–H and O–H groups in total. The lowest BCUT2D eigenvalue weighted by atomic mass is 9.94. The summed E-state index contributed by atoms with van der Waals surface area (Å²) in [6.45, 7) is 3.64. The predicted molar refractivity (Wildman–Crippen MR) is 76.8 cm³/mol. The van der Waals surface area contributed by atoms with Gasteiger partial charge in [0, 0.05) is 41.1 Å². The monoisotopic (exact) mass is 273 g/mol. The van der Waals surface area contributed by atoms with Crippen LogP contribution in [0.1, 0.15) is 47.4 Å². The number of rotatable bonds is 5. The molecule has 0 aliphatic heterocycles. The standard InChI is InChI=1S/C15H15NO2S/c1-3-12(17)10-6-5-7-11(13(18)4-2)14(10)15-16-8-9-19-15/h5-9H,3-4H2,1-2H3. The molecule has 0 saturated heterocycles. The molecule has 19 heavy (non-hydrogen) atoms. The maximum absolute atomic E-state index is 12.1. The van der Waals surface area contributed by atoms with Crippen LogP contribution in [0.15, 0.2) is 29.8 Å². The van der Waals surface area contributed by atoms with Crippen molar-refractivity contribution >= 4 is 22.9 Å². The third-order valence-electron chi connectivity index (χ3n) is 2.95. The number of hydrogen-bond donors (Lipinski definition) is 0. The van der Waals surface area contributed by atoms with E-state index < -0.39 is 0 Å². The van der Waals surface area contributed by atoms with E-state index in [1.165, 1.54) is 11.3 Å². The highest BCUT2D eigenvalue weighted by Crippen LogP contribution is 2.31. The molecule has 0 fully saturated rings. The molecule has 2 aromatic rings. The molecule has 0 atom stereocenters. The van der Waals surface area contributed by atoms with Gasteiger partial charge in [0.2, 0.25) is 0 Å². The van der Waals surface area contributed by atoms with E-state index in [1.807, 2.05) is 19.2 Å². The smallest absolute Gasteiger partial charge is 0.163 e. The molecule has 0 saturated carbocycles. The minimum atomic E-state index is 0.0379. The van der Waals surface area contributed by atoms with Crippen LogP contribution < -0.4 is 0 Å². The lowest BCUT2D eigenvalue weighted by Crippen LogP contribution is -2.06. The number of carbonyl (C=O) groups excluding carboxylic acids is 2. The van der Waals surface area contributed by atoms with Gasteiger partial charge in [-0.05, 0) is 0 Å². The Kier molecular flexibility index (Phi) is 4.22. The number of thiazole rings is 1. The predicted octanol–water partition coefficient (Wildman–Crippen LogP) is 4.00. The fourth-order valence-electron chi connectivity index (χ4n) is 1.98. The largest absolute Gasteiger partial charge is 0.294 e. The number of carbonyl (C=O) groups is 2. The van der Waals surface area contributed by atoms with Crippen molar-refractivity contribution in [2.75, 3.05) is 0 Å². The molecule has 0 unspecified atom stereocenters. The van der Waals surface area contributed by atoms with Crippen molar-refractivity contribution < 1.29 is 9.59 Å².